The zero-order valence-corrected chi connectivity index (χ0v) is 15.6. The largest absolute Gasteiger partial charge is 0.298 e. The summed E-state index contributed by atoms with van der Waals surface area (Å²) in [7, 11) is 0. The Balaban J connectivity index is 2.24. The third-order valence-electron chi connectivity index (χ3n) is 3.54. The fraction of sp³-hybridized carbons (Fsp3) is 0.235. The fourth-order valence-corrected chi connectivity index (χ4v) is 3.19. The first-order valence-electron chi connectivity index (χ1n) is 7.45. The lowest BCUT2D eigenvalue weighted by atomic mass is 10.1. The summed E-state index contributed by atoms with van der Waals surface area (Å²) in [6, 6.07) is 1.97. The van der Waals surface area contributed by atoms with E-state index in [2.05, 4.69) is 44.2 Å². The van der Waals surface area contributed by atoms with E-state index in [0.717, 1.165) is 37.4 Å². The SMILES string of the molecule is C=CCc1nc(-c2cnc(C)nc2)cc2c(I)nn(CC(C)=O)c12. The zero-order chi connectivity index (χ0) is 17.3. The number of aromatic nitrogens is 5. The summed E-state index contributed by atoms with van der Waals surface area (Å²) < 4.78 is 2.56. The van der Waals surface area contributed by atoms with Gasteiger partial charge in [0.2, 0.25) is 0 Å². The van der Waals surface area contributed by atoms with Crippen LogP contribution in [0.3, 0.4) is 0 Å². The van der Waals surface area contributed by atoms with Crippen LogP contribution >= 0.6 is 22.6 Å². The molecule has 0 saturated carbocycles. The highest BCUT2D eigenvalue weighted by atomic mass is 127. The Morgan fingerprint density at radius 3 is 2.71 bits per heavy atom. The molecule has 0 spiro atoms. The molecular weight excluding hydrogens is 417 g/mol. The lowest BCUT2D eigenvalue weighted by molar-refractivity contribution is -0.117. The molecule has 0 bridgehead atoms. The van der Waals surface area contributed by atoms with E-state index in [4.69, 9.17) is 4.98 Å². The summed E-state index contributed by atoms with van der Waals surface area (Å²) in [6.07, 6.45) is 5.92. The van der Waals surface area contributed by atoms with Gasteiger partial charge < -0.3 is 0 Å². The van der Waals surface area contributed by atoms with Gasteiger partial charge in [0, 0.05) is 29.8 Å². The van der Waals surface area contributed by atoms with Gasteiger partial charge in [-0.2, -0.15) is 5.10 Å². The fourth-order valence-electron chi connectivity index (χ4n) is 2.52. The third kappa shape index (κ3) is 3.21. The van der Waals surface area contributed by atoms with E-state index >= 15 is 0 Å². The van der Waals surface area contributed by atoms with Crippen LogP contribution in [0.4, 0.5) is 0 Å². The molecule has 0 aliphatic carbocycles. The van der Waals surface area contributed by atoms with E-state index < -0.39 is 0 Å². The molecule has 0 unspecified atom stereocenters. The summed E-state index contributed by atoms with van der Waals surface area (Å²) in [5.41, 5.74) is 3.36. The number of rotatable bonds is 5. The highest BCUT2D eigenvalue weighted by molar-refractivity contribution is 14.1. The Hall–Kier alpha value is -2.16. The van der Waals surface area contributed by atoms with Gasteiger partial charge in [0.25, 0.3) is 0 Å². The average Bonchev–Trinajstić information content (AvgIpc) is 2.84. The Bertz CT molecular complexity index is 930. The molecule has 3 aromatic heterocycles. The molecule has 3 aromatic rings. The predicted molar refractivity (Wildman–Crippen MR) is 101 cm³/mol. The number of carbonyl (C=O) groups excluding carboxylic acids is 1. The van der Waals surface area contributed by atoms with Gasteiger partial charge in [0.1, 0.15) is 9.53 Å². The lowest BCUT2D eigenvalue weighted by Crippen LogP contribution is -2.09. The topological polar surface area (TPSA) is 73.6 Å². The second kappa shape index (κ2) is 6.76. The Morgan fingerprint density at radius 2 is 2.08 bits per heavy atom. The number of ketones is 1. The van der Waals surface area contributed by atoms with Crippen molar-refractivity contribution in [1.82, 2.24) is 24.7 Å². The van der Waals surface area contributed by atoms with Crippen LogP contribution < -0.4 is 0 Å². The minimum atomic E-state index is 0.0522. The molecule has 0 fully saturated rings. The number of pyridine rings is 1. The van der Waals surface area contributed by atoms with Gasteiger partial charge in [0.15, 0.2) is 5.78 Å². The van der Waals surface area contributed by atoms with Crippen molar-refractivity contribution in [3.63, 3.8) is 0 Å². The van der Waals surface area contributed by atoms with Crippen LogP contribution in [0.15, 0.2) is 31.1 Å². The molecule has 0 aliphatic rings. The number of hydrogen-bond acceptors (Lipinski definition) is 5. The molecule has 0 N–H and O–H groups in total. The van der Waals surface area contributed by atoms with Crippen LogP contribution in [0.1, 0.15) is 18.4 Å². The molecule has 0 amide bonds. The number of allylic oxidation sites excluding steroid dienone is 1. The molecule has 24 heavy (non-hydrogen) atoms. The van der Waals surface area contributed by atoms with Gasteiger partial charge in [-0.25, -0.2) is 9.97 Å². The summed E-state index contributed by atoms with van der Waals surface area (Å²) >= 11 is 2.18. The first kappa shape index (κ1) is 16.7. The minimum absolute atomic E-state index is 0.0522. The van der Waals surface area contributed by atoms with Gasteiger partial charge in [-0.15, -0.1) is 6.58 Å². The molecule has 3 rings (SSSR count). The van der Waals surface area contributed by atoms with Crippen molar-refractivity contribution in [2.75, 3.05) is 0 Å². The van der Waals surface area contributed by atoms with Crippen LogP contribution in [-0.4, -0.2) is 30.5 Å². The number of Topliss-reactive ketones (excluding diaryl/α,β-unsaturated/α-hetero) is 1. The monoisotopic (exact) mass is 433 g/mol. The highest BCUT2D eigenvalue weighted by Crippen LogP contribution is 2.28. The van der Waals surface area contributed by atoms with Crippen LogP contribution in [0.2, 0.25) is 0 Å². The van der Waals surface area contributed by atoms with Crippen molar-refractivity contribution in [1.29, 1.82) is 0 Å². The lowest BCUT2D eigenvalue weighted by Gasteiger charge is -2.08. The molecule has 0 atom stereocenters. The molecule has 3 heterocycles. The normalized spacial score (nSPS) is 11.0. The maximum Gasteiger partial charge on any atom is 0.151 e. The molecule has 0 aliphatic heterocycles. The van der Waals surface area contributed by atoms with E-state index in [0.29, 0.717) is 6.42 Å². The van der Waals surface area contributed by atoms with E-state index in [-0.39, 0.29) is 12.3 Å². The van der Waals surface area contributed by atoms with Crippen molar-refractivity contribution in [2.45, 2.75) is 26.8 Å². The number of nitrogens with zero attached hydrogens (tertiary/aromatic N) is 5. The van der Waals surface area contributed by atoms with Crippen molar-refractivity contribution in [3.05, 3.63) is 46.3 Å². The summed E-state index contributed by atoms with van der Waals surface area (Å²) in [5, 5.41) is 5.47. The van der Waals surface area contributed by atoms with Gasteiger partial charge in [-0.1, -0.05) is 6.08 Å². The van der Waals surface area contributed by atoms with Crippen LogP contribution in [0, 0.1) is 10.6 Å². The molecule has 6 nitrogen and oxygen atoms in total. The van der Waals surface area contributed by atoms with Crippen molar-refractivity contribution >= 4 is 39.3 Å². The molecule has 0 saturated heterocycles. The summed E-state index contributed by atoms with van der Waals surface area (Å²) in [6.45, 7) is 7.45. The van der Waals surface area contributed by atoms with Crippen LogP contribution in [-0.2, 0) is 17.8 Å². The number of carbonyl (C=O) groups is 1. The number of halogens is 1. The van der Waals surface area contributed by atoms with E-state index in [1.165, 1.54) is 0 Å². The Kier molecular flexibility index (Phi) is 4.70. The third-order valence-corrected chi connectivity index (χ3v) is 4.34. The molecule has 0 radical (unpaired) electrons. The number of aryl methyl sites for hydroxylation is 1. The van der Waals surface area contributed by atoms with E-state index in [1.54, 1.807) is 30.1 Å². The van der Waals surface area contributed by atoms with Gasteiger partial charge in [-0.05, 0) is 42.5 Å². The maximum atomic E-state index is 11.5. The Labute approximate surface area is 153 Å². The van der Waals surface area contributed by atoms with E-state index in [1.807, 2.05) is 13.0 Å². The van der Waals surface area contributed by atoms with Gasteiger partial charge in [-0.3, -0.25) is 14.5 Å². The summed E-state index contributed by atoms with van der Waals surface area (Å²) in [4.78, 5) is 24.8. The number of fused-ring (bicyclic) bond motifs is 1. The second-order valence-corrected chi connectivity index (χ2v) is 6.53. The summed E-state index contributed by atoms with van der Waals surface area (Å²) in [5.74, 6) is 0.770. The maximum absolute atomic E-state index is 11.5. The zero-order valence-electron chi connectivity index (χ0n) is 13.5. The van der Waals surface area contributed by atoms with Gasteiger partial charge >= 0.3 is 0 Å². The first-order chi connectivity index (χ1) is 11.5. The quantitative estimate of drug-likeness (QED) is 0.457. The van der Waals surface area contributed by atoms with Crippen molar-refractivity contribution in [3.8, 4) is 11.3 Å². The highest BCUT2D eigenvalue weighted by Gasteiger charge is 2.17. The van der Waals surface area contributed by atoms with Crippen molar-refractivity contribution in [2.24, 2.45) is 0 Å². The van der Waals surface area contributed by atoms with Crippen molar-refractivity contribution < 1.29 is 4.79 Å². The molecule has 7 heteroatoms. The van der Waals surface area contributed by atoms with E-state index in [9.17, 15) is 4.79 Å². The predicted octanol–water partition coefficient (Wildman–Crippen LogP) is 3.12. The smallest absolute Gasteiger partial charge is 0.151 e. The standard InChI is InChI=1S/C17H16IN5O/c1-4-5-14-16-13(17(18)22-23(16)9-10(2)24)6-15(21-14)12-7-19-11(3)20-8-12/h4,6-8H,1,5,9H2,2-3H3. The number of hydrogen-bond donors (Lipinski definition) is 0. The van der Waals surface area contributed by atoms with Crippen LogP contribution in [0.25, 0.3) is 22.2 Å². The van der Waals surface area contributed by atoms with Crippen LogP contribution in [0.5, 0.6) is 0 Å². The average molecular weight is 433 g/mol. The molecule has 122 valence electrons. The second-order valence-electron chi connectivity index (χ2n) is 5.51. The minimum Gasteiger partial charge on any atom is -0.298 e. The first-order valence-corrected chi connectivity index (χ1v) is 8.52. The molecule has 0 aromatic carbocycles. The molecular formula is C17H16IN5O. The van der Waals surface area contributed by atoms with Gasteiger partial charge in [0.05, 0.1) is 23.4 Å². The Morgan fingerprint density at radius 1 is 1.38 bits per heavy atom.